The number of hydrogen-bond donors (Lipinski definition) is 2. The summed E-state index contributed by atoms with van der Waals surface area (Å²) in [7, 11) is -2.58. The summed E-state index contributed by atoms with van der Waals surface area (Å²) in [6, 6.07) is 17.9. The zero-order valence-corrected chi connectivity index (χ0v) is 49.1. The molecular formula is C57H89NO11S2Si2. The van der Waals surface area contributed by atoms with Gasteiger partial charge in [-0.2, -0.15) is 0 Å². The number of hydrogen-bond acceptors (Lipinski definition) is 13. The number of thioether (sulfide) groups is 2. The molecule has 0 heterocycles. The van der Waals surface area contributed by atoms with E-state index >= 15 is 0 Å². The van der Waals surface area contributed by atoms with Crippen LogP contribution in [0.2, 0.25) is 51.4 Å². The van der Waals surface area contributed by atoms with E-state index in [1.165, 1.54) is 62.0 Å². The van der Waals surface area contributed by atoms with E-state index in [0.717, 1.165) is 65.8 Å². The summed E-state index contributed by atoms with van der Waals surface area (Å²) >= 11 is 2.66. The van der Waals surface area contributed by atoms with Gasteiger partial charge in [-0.15, -0.1) is 0 Å². The minimum atomic E-state index is -1.38. The van der Waals surface area contributed by atoms with E-state index in [0.29, 0.717) is 44.6 Å². The van der Waals surface area contributed by atoms with Gasteiger partial charge in [0.05, 0.1) is 32.2 Å². The predicted octanol–water partition coefficient (Wildman–Crippen LogP) is 13.5. The van der Waals surface area contributed by atoms with Gasteiger partial charge in [-0.3, -0.25) is 24.0 Å². The van der Waals surface area contributed by atoms with Crippen molar-refractivity contribution in [2.24, 2.45) is 0 Å². The van der Waals surface area contributed by atoms with Crippen LogP contribution in [0.1, 0.15) is 134 Å². The molecule has 1 amide bonds. The molecule has 2 atom stereocenters. The number of allylic oxidation sites excluding steroid dienone is 2. The van der Waals surface area contributed by atoms with Crippen LogP contribution in [0.5, 0.6) is 0 Å². The van der Waals surface area contributed by atoms with Crippen LogP contribution in [-0.2, 0) is 42.9 Å². The third-order valence-corrected chi connectivity index (χ3v) is 17.1. The van der Waals surface area contributed by atoms with E-state index in [9.17, 15) is 33.9 Å². The Morgan fingerprint density at radius 2 is 1.08 bits per heavy atom. The molecule has 0 unspecified atom stereocenters. The van der Waals surface area contributed by atoms with Crippen LogP contribution in [0.25, 0.3) is 11.1 Å². The average Bonchev–Trinajstić information content (AvgIpc) is 3.64. The first kappa shape index (κ1) is 65.1. The second kappa shape index (κ2) is 37.7. The molecule has 0 aromatic heterocycles. The second-order valence-electron chi connectivity index (χ2n) is 20.9. The van der Waals surface area contributed by atoms with E-state index in [1.807, 2.05) is 48.6 Å². The summed E-state index contributed by atoms with van der Waals surface area (Å²) in [5.41, 5.74) is 4.44. The molecule has 0 fully saturated rings. The number of ether oxygens (including phenoxy) is 4. The van der Waals surface area contributed by atoms with Gasteiger partial charge in [0.15, 0.2) is 10.2 Å². The van der Waals surface area contributed by atoms with Crippen LogP contribution in [0, 0.1) is 0 Å². The van der Waals surface area contributed by atoms with Crippen molar-refractivity contribution in [1.29, 1.82) is 0 Å². The molecule has 0 spiro atoms. The Balaban J connectivity index is 0.000000596. The molecule has 0 saturated carbocycles. The molecule has 2 aromatic rings. The number of alkyl carbamates (subject to hydrolysis) is 1. The molecule has 3 rings (SSSR count). The maximum Gasteiger partial charge on any atom is 0.407 e. The minimum Gasteiger partial charge on any atom is -0.466 e. The molecule has 1 aliphatic rings. The number of nitrogens with one attached hydrogen (secondary N) is 1. The third-order valence-electron chi connectivity index (χ3n) is 11.8. The molecule has 408 valence electrons. The van der Waals surface area contributed by atoms with Crippen LogP contribution >= 0.6 is 23.5 Å². The number of benzene rings is 2. The van der Waals surface area contributed by atoms with Crippen molar-refractivity contribution >= 4 is 73.9 Å². The summed E-state index contributed by atoms with van der Waals surface area (Å²) < 4.78 is 21.6. The van der Waals surface area contributed by atoms with Gasteiger partial charge in [0, 0.05) is 46.4 Å². The number of amides is 1. The zero-order valence-electron chi connectivity index (χ0n) is 45.5. The fourth-order valence-electron chi connectivity index (χ4n) is 7.49. The second-order valence-corrected chi connectivity index (χ2v) is 34.5. The highest BCUT2D eigenvalue weighted by molar-refractivity contribution is 8.13. The fraction of sp³-hybridized carbons (Fsp3) is 0.614. The maximum atomic E-state index is 12.7. The highest BCUT2D eigenvalue weighted by atomic mass is 32.2. The summed E-state index contributed by atoms with van der Waals surface area (Å²) in [4.78, 5) is 73.3. The van der Waals surface area contributed by atoms with Crippen molar-refractivity contribution in [2.75, 3.05) is 37.9 Å². The minimum absolute atomic E-state index is 0.00790. The molecule has 0 saturated heterocycles. The molecular weight excluding hydrogens is 995 g/mol. The first-order valence-electron chi connectivity index (χ1n) is 26.7. The molecule has 2 aromatic carbocycles. The van der Waals surface area contributed by atoms with Gasteiger partial charge in [-0.1, -0.05) is 195 Å². The van der Waals surface area contributed by atoms with Crippen LogP contribution in [0.4, 0.5) is 4.79 Å². The van der Waals surface area contributed by atoms with Gasteiger partial charge >= 0.3 is 24.0 Å². The number of aliphatic hydroxyl groups excluding tert-OH is 1. The third kappa shape index (κ3) is 32.2. The van der Waals surface area contributed by atoms with E-state index in [2.05, 4.69) is 70.6 Å². The van der Waals surface area contributed by atoms with Crippen molar-refractivity contribution in [1.82, 2.24) is 5.32 Å². The Morgan fingerprint density at radius 3 is 1.58 bits per heavy atom. The lowest BCUT2D eigenvalue weighted by Gasteiger charge is -2.17. The highest BCUT2D eigenvalue weighted by Gasteiger charge is 2.29. The molecule has 1 aliphatic carbocycles. The van der Waals surface area contributed by atoms with Crippen LogP contribution in [0.3, 0.4) is 0 Å². The van der Waals surface area contributed by atoms with Gasteiger partial charge in [0.25, 0.3) is 0 Å². The first-order chi connectivity index (χ1) is 34.8. The summed E-state index contributed by atoms with van der Waals surface area (Å²) in [6.45, 7) is 18.1. The SMILES string of the molecule is CCCCCCCC(=O)SCC/C=C/[C@@H](O)CC(=O)OCC[Si](C)(C)C.CCCCCCCC(=O)SCC/C=C/[C@H](CC(=O)OCC[Si](C)(C)C)OC(=O)CNC(=O)OCC1c2ccccc2-c2ccccc21. The topological polar surface area (TPSA) is 172 Å². The van der Waals surface area contributed by atoms with E-state index in [4.69, 9.17) is 18.9 Å². The van der Waals surface area contributed by atoms with Gasteiger partial charge < -0.3 is 29.4 Å². The fourth-order valence-corrected chi connectivity index (χ4v) is 10.5. The Hall–Kier alpha value is -3.97. The summed E-state index contributed by atoms with van der Waals surface area (Å²) in [5.74, 6) is -0.278. The van der Waals surface area contributed by atoms with Crippen LogP contribution < -0.4 is 5.32 Å². The quantitative estimate of drug-likeness (QED) is 0.0220. The number of fused-ring (bicyclic) bond motifs is 3. The van der Waals surface area contributed by atoms with Gasteiger partial charge in [0.1, 0.15) is 19.3 Å². The number of carbonyl (C=O) groups excluding carboxylic acids is 6. The van der Waals surface area contributed by atoms with Crippen molar-refractivity contribution in [3.63, 3.8) is 0 Å². The largest absolute Gasteiger partial charge is 0.466 e. The van der Waals surface area contributed by atoms with E-state index < -0.39 is 52.9 Å². The molecule has 0 radical (unpaired) electrons. The van der Waals surface area contributed by atoms with E-state index in [-0.39, 0.29) is 41.6 Å². The number of aliphatic hydroxyl groups is 1. The van der Waals surface area contributed by atoms with Gasteiger partial charge in [0.2, 0.25) is 0 Å². The predicted molar refractivity (Wildman–Crippen MR) is 306 cm³/mol. The van der Waals surface area contributed by atoms with Crippen molar-refractivity contribution in [3.05, 3.63) is 84.0 Å². The average molecular weight is 1080 g/mol. The first-order valence-corrected chi connectivity index (χ1v) is 36.1. The van der Waals surface area contributed by atoms with Gasteiger partial charge in [-0.05, 0) is 66.1 Å². The van der Waals surface area contributed by atoms with Crippen molar-refractivity contribution < 1.29 is 52.8 Å². The van der Waals surface area contributed by atoms with Gasteiger partial charge in [-0.25, -0.2) is 4.79 Å². The number of rotatable bonds is 35. The number of unbranched alkanes of at least 4 members (excludes halogenated alkanes) is 8. The molecule has 2 N–H and O–H groups in total. The lowest BCUT2D eigenvalue weighted by atomic mass is 9.98. The molecule has 73 heavy (non-hydrogen) atoms. The standard InChI is InChI=1S/C37H51NO7SSi.C20H38O4SSi/c1-5-6-7-8-9-21-36(41)46-23-15-14-16-28(25-34(39)43-22-24-47(2,3)4)45-35(40)26-38-37(42)44-27-33-31-19-12-10-17-29(31)30-18-11-13-20-32(30)33;1-5-6-7-8-9-13-20(23)25-15-11-10-12-18(21)17-19(22)24-14-16-26(2,3)4/h10-14,16-20,28,33H,5-9,15,21-27H2,1-4H3,(H,38,42);10,12,18,21H,5-9,11,13-17H2,1-4H3/b16-14+;12-10+/t28-;18-/m11/s1. The normalized spacial score (nSPS) is 13.1. The monoisotopic (exact) mass is 1080 g/mol. The Kier molecular flexibility index (Phi) is 33.7. The van der Waals surface area contributed by atoms with Crippen molar-refractivity contribution in [3.8, 4) is 11.1 Å². The maximum absolute atomic E-state index is 12.7. The van der Waals surface area contributed by atoms with Crippen molar-refractivity contribution in [2.45, 2.75) is 186 Å². The smallest absolute Gasteiger partial charge is 0.407 e. The molecule has 0 bridgehead atoms. The summed E-state index contributed by atoms with van der Waals surface area (Å²) in [6.07, 6.45) is 18.3. The molecule has 0 aliphatic heterocycles. The molecule has 16 heteroatoms. The zero-order chi connectivity index (χ0) is 53.9. The molecule has 12 nitrogen and oxygen atoms in total. The Labute approximate surface area is 448 Å². The lowest BCUT2D eigenvalue weighted by molar-refractivity contribution is -0.152. The summed E-state index contributed by atoms with van der Waals surface area (Å²) in [5, 5.41) is 12.7. The lowest BCUT2D eigenvalue weighted by Crippen LogP contribution is -2.34. The van der Waals surface area contributed by atoms with E-state index in [1.54, 1.807) is 12.2 Å². The van der Waals surface area contributed by atoms with Crippen LogP contribution in [-0.4, -0.2) is 106 Å². The Bertz CT molecular complexity index is 1970. The Morgan fingerprint density at radius 1 is 0.616 bits per heavy atom. The number of esters is 3. The number of carbonyl (C=O) groups is 6. The van der Waals surface area contributed by atoms with Crippen LogP contribution in [0.15, 0.2) is 72.8 Å². The highest BCUT2D eigenvalue weighted by Crippen LogP contribution is 2.44.